The Kier molecular flexibility index (Phi) is 4.78. The second kappa shape index (κ2) is 5.89. The summed E-state index contributed by atoms with van der Waals surface area (Å²) in [4.78, 5) is 13.6. The highest BCUT2D eigenvalue weighted by Crippen LogP contribution is 2.23. The van der Waals surface area contributed by atoms with Crippen molar-refractivity contribution in [3.8, 4) is 5.75 Å². The van der Waals surface area contributed by atoms with Crippen LogP contribution >= 0.6 is 11.6 Å². The van der Waals surface area contributed by atoms with E-state index in [4.69, 9.17) is 16.3 Å². The van der Waals surface area contributed by atoms with Crippen LogP contribution in [0, 0.1) is 0 Å². The minimum Gasteiger partial charge on any atom is -0.507 e. The zero-order chi connectivity index (χ0) is 13.0. The number of nitrogens with zero attached hydrogens (tertiary/aromatic N) is 1. The summed E-state index contributed by atoms with van der Waals surface area (Å²) >= 11 is 5.71. The molecular formula is C12H16ClNO3. The third kappa shape index (κ3) is 3.35. The second-order valence-corrected chi connectivity index (χ2v) is 4.32. The summed E-state index contributed by atoms with van der Waals surface area (Å²) < 4.78 is 4.98. The molecule has 4 nitrogen and oxygen atoms in total. The number of benzene rings is 1. The molecule has 5 heteroatoms. The van der Waals surface area contributed by atoms with Crippen molar-refractivity contribution in [3.05, 3.63) is 28.8 Å². The molecule has 0 aliphatic heterocycles. The number of hydrogen-bond acceptors (Lipinski definition) is 3. The fraction of sp³-hybridized carbons (Fsp3) is 0.417. The van der Waals surface area contributed by atoms with Crippen LogP contribution in [0.2, 0.25) is 5.02 Å². The lowest BCUT2D eigenvalue weighted by atomic mass is 10.1. The van der Waals surface area contributed by atoms with Crippen molar-refractivity contribution in [2.24, 2.45) is 0 Å². The van der Waals surface area contributed by atoms with Gasteiger partial charge >= 0.3 is 0 Å². The van der Waals surface area contributed by atoms with E-state index in [1.165, 1.54) is 17.0 Å². The van der Waals surface area contributed by atoms with Crippen LogP contribution in [0.4, 0.5) is 0 Å². The van der Waals surface area contributed by atoms with Crippen molar-refractivity contribution >= 4 is 17.5 Å². The van der Waals surface area contributed by atoms with Crippen molar-refractivity contribution in [1.29, 1.82) is 0 Å². The monoisotopic (exact) mass is 257 g/mol. The van der Waals surface area contributed by atoms with Gasteiger partial charge in [-0.3, -0.25) is 4.79 Å². The molecule has 1 atom stereocenters. The predicted molar refractivity (Wildman–Crippen MR) is 66.5 cm³/mol. The number of carbonyl (C=O) groups is 1. The first-order valence-corrected chi connectivity index (χ1v) is 5.59. The summed E-state index contributed by atoms with van der Waals surface area (Å²) in [5.41, 5.74) is 0.236. The van der Waals surface area contributed by atoms with Gasteiger partial charge in [-0.2, -0.15) is 0 Å². The molecule has 1 aromatic carbocycles. The van der Waals surface area contributed by atoms with Crippen molar-refractivity contribution in [3.63, 3.8) is 0 Å². The van der Waals surface area contributed by atoms with E-state index in [2.05, 4.69) is 0 Å². The van der Waals surface area contributed by atoms with Gasteiger partial charge in [0.2, 0.25) is 0 Å². The van der Waals surface area contributed by atoms with Gasteiger partial charge in [-0.05, 0) is 25.1 Å². The SMILES string of the molecule is COCC(C)N(C)C(=O)c1ccc(Cl)cc1O. The number of ether oxygens (including phenoxy) is 1. The van der Waals surface area contributed by atoms with Crippen LogP contribution in [0.1, 0.15) is 17.3 Å². The number of rotatable bonds is 4. The highest BCUT2D eigenvalue weighted by molar-refractivity contribution is 6.30. The Bertz CT molecular complexity index is 409. The van der Waals surface area contributed by atoms with Crippen molar-refractivity contribution in [2.45, 2.75) is 13.0 Å². The van der Waals surface area contributed by atoms with Crippen molar-refractivity contribution < 1.29 is 14.6 Å². The van der Waals surface area contributed by atoms with Gasteiger partial charge in [-0.1, -0.05) is 11.6 Å². The summed E-state index contributed by atoms with van der Waals surface area (Å²) in [7, 11) is 3.24. The van der Waals surface area contributed by atoms with E-state index in [-0.39, 0.29) is 23.3 Å². The summed E-state index contributed by atoms with van der Waals surface area (Å²) in [6.07, 6.45) is 0. The fourth-order valence-electron chi connectivity index (χ4n) is 1.43. The molecule has 0 spiro atoms. The Labute approximate surface area is 106 Å². The Hall–Kier alpha value is -1.26. The maximum absolute atomic E-state index is 12.1. The van der Waals surface area contributed by atoms with Gasteiger partial charge in [-0.15, -0.1) is 0 Å². The Morgan fingerprint density at radius 1 is 1.59 bits per heavy atom. The highest BCUT2D eigenvalue weighted by Gasteiger charge is 2.20. The normalized spacial score (nSPS) is 12.2. The van der Waals surface area contributed by atoms with E-state index < -0.39 is 0 Å². The van der Waals surface area contributed by atoms with Gasteiger partial charge in [0.25, 0.3) is 5.91 Å². The van der Waals surface area contributed by atoms with E-state index in [1.807, 2.05) is 6.92 Å². The van der Waals surface area contributed by atoms with Crippen LogP contribution in [-0.2, 0) is 4.74 Å². The third-order valence-corrected chi connectivity index (χ3v) is 2.81. The number of likely N-dealkylation sites (N-methyl/N-ethyl adjacent to an activating group) is 1. The Morgan fingerprint density at radius 3 is 2.76 bits per heavy atom. The van der Waals surface area contributed by atoms with E-state index in [0.717, 1.165) is 0 Å². The number of phenols is 1. The van der Waals surface area contributed by atoms with Crippen LogP contribution < -0.4 is 0 Å². The third-order valence-electron chi connectivity index (χ3n) is 2.58. The molecule has 1 amide bonds. The maximum Gasteiger partial charge on any atom is 0.257 e. The molecule has 0 heterocycles. The molecular weight excluding hydrogens is 242 g/mol. The van der Waals surface area contributed by atoms with Gasteiger partial charge in [0.15, 0.2) is 0 Å². The molecule has 0 aromatic heterocycles. The predicted octanol–water partition coefficient (Wildman–Crippen LogP) is 2.15. The second-order valence-electron chi connectivity index (χ2n) is 3.88. The minimum atomic E-state index is -0.260. The number of hydrogen-bond donors (Lipinski definition) is 1. The lowest BCUT2D eigenvalue weighted by Gasteiger charge is -2.24. The molecule has 0 bridgehead atoms. The highest BCUT2D eigenvalue weighted by atomic mass is 35.5. The number of carbonyl (C=O) groups excluding carboxylic acids is 1. The van der Waals surface area contributed by atoms with Gasteiger partial charge in [-0.25, -0.2) is 0 Å². The molecule has 1 aromatic rings. The van der Waals surface area contributed by atoms with E-state index >= 15 is 0 Å². The van der Waals surface area contributed by atoms with Crippen LogP contribution in [0.25, 0.3) is 0 Å². The largest absolute Gasteiger partial charge is 0.507 e. The molecule has 17 heavy (non-hydrogen) atoms. The van der Waals surface area contributed by atoms with E-state index in [0.29, 0.717) is 11.6 Å². The van der Waals surface area contributed by atoms with E-state index in [9.17, 15) is 9.90 Å². The molecule has 0 saturated heterocycles. The number of halogens is 1. The Morgan fingerprint density at radius 2 is 2.24 bits per heavy atom. The molecule has 0 aliphatic carbocycles. The molecule has 1 N–H and O–H groups in total. The first-order chi connectivity index (χ1) is 7.97. The van der Waals surface area contributed by atoms with Gasteiger partial charge in [0, 0.05) is 19.2 Å². The summed E-state index contributed by atoms with van der Waals surface area (Å²) in [6, 6.07) is 4.37. The first kappa shape index (κ1) is 13.8. The Balaban J connectivity index is 2.88. The average Bonchev–Trinajstić information content (AvgIpc) is 2.27. The van der Waals surface area contributed by atoms with Gasteiger partial charge < -0.3 is 14.7 Å². The number of phenolic OH excluding ortho intramolecular Hbond substituents is 1. The van der Waals surface area contributed by atoms with Crippen LogP contribution in [0.3, 0.4) is 0 Å². The van der Waals surface area contributed by atoms with E-state index in [1.54, 1.807) is 20.2 Å². The summed E-state index contributed by atoms with van der Waals surface area (Å²) in [6.45, 7) is 2.31. The van der Waals surface area contributed by atoms with Crippen LogP contribution in [-0.4, -0.2) is 42.7 Å². The number of aromatic hydroxyl groups is 1. The number of amides is 1. The van der Waals surface area contributed by atoms with Crippen LogP contribution in [0.15, 0.2) is 18.2 Å². The molecule has 1 rings (SSSR count). The summed E-state index contributed by atoms with van der Waals surface area (Å²) in [5, 5.41) is 10.1. The average molecular weight is 258 g/mol. The molecule has 1 unspecified atom stereocenters. The van der Waals surface area contributed by atoms with Crippen molar-refractivity contribution in [2.75, 3.05) is 20.8 Å². The minimum absolute atomic E-state index is 0.0671. The molecule has 0 saturated carbocycles. The maximum atomic E-state index is 12.1. The zero-order valence-electron chi connectivity index (χ0n) is 10.1. The molecule has 0 aliphatic rings. The lowest BCUT2D eigenvalue weighted by Crippen LogP contribution is -2.37. The fourth-order valence-corrected chi connectivity index (χ4v) is 1.60. The summed E-state index contributed by atoms with van der Waals surface area (Å²) in [5.74, 6) is -0.373. The standard InChI is InChI=1S/C12H16ClNO3/c1-8(7-17-3)14(2)12(16)10-5-4-9(13)6-11(10)15/h4-6,8,15H,7H2,1-3H3. The van der Waals surface area contributed by atoms with Gasteiger partial charge in [0.1, 0.15) is 5.75 Å². The lowest BCUT2D eigenvalue weighted by molar-refractivity contribution is 0.0631. The quantitative estimate of drug-likeness (QED) is 0.899. The molecule has 0 radical (unpaired) electrons. The topological polar surface area (TPSA) is 49.8 Å². The smallest absolute Gasteiger partial charge is 0.257 e. The number of methoxy groups -OCH3 is 1. The first-order valence-electron chi connectivity index (χ1n) is 5.22. The van der Waals surface area contributed by atoms with Gasteiger partial charge in [0.05, 0.1) is 18.2 Å². The zero-order valence-corrected chi connectivity index (χ0v) is 10.9. The molecule has 0 fully saturated rings. The van der Waals surface area contributed by atoms with Crippen LogP contribution in [0.5, 0.6) is 5.75 Å². The molecule has 94 valence electrons. The van der Waals surface area contributed by atoms with Crippen molar-refractivity contribution in [1.82, 2.24) is 4.90 Å².